The highest BCUT2D eigenvalue weighted by atomic mass is 19.4. The number of nitrogen functional groups attached to an aromatic ring is 1. The van der Waals surface area contributed by atoms with Gasteiger partial charge >= 0.3 is 11.9 Å². The van der Waals surface area contributed by atoms with Gasteiger partial charge in [0.25, 0.3) is 5.56 Å². The zero-order valence-electron chi connectivity index (χ0n) is 19.1. The molecule has 0 aliphatic rings. The van der Waals surface area contributed by atoms with Crippen LogP contribution in [-0.2, 0) is 24.1 Å². The van der Waals surface area contributed by atoms with Crippen molar-refractivity contribution in [2.45, 2.75) is 39.0 Å². The number of alkyl halides is 3. The predicted octanol–water partition coefficient (Wildman–Crippen LogP) is 3.58. The number of H-pyrrole nitrogens is 1. The summed E-state index contributed by atoms with van der Waals surface area (Å²) in [4.78, 5) is 41.6. The van der Waals surface area contributed by atoms with E-state index in [0.29, 0.717) is 13.0 Å². The zero-order chi connectivity index (χ0) is 25.6. The predicted molar refractivity (Wildman–Crippen MR) is 128 cm³/mol. The lowest BCUT2D eigenvalue weighted by Gasteiger charge is -2.26. The van der Waals surface area contributed by atoms with Crippen LogP contribution in [0.15, 0.2) is 64.2 Å². The van der Waals surface area contributed by atoms with E-state index in [2.05, 4.69) is 10.3 Å². The van der Waals surface area contributed by atoms with Crippen LogP contribution in [0.4, 0.5) is 30.4 Å². The van der Waals surface area contributed by atoms with Crippen LogP contribution in [0.1, 0.15) is 30.9 Å². The van der Waals surface area contributed by atoms with Crippen LogP contribution in [0.5, 0.6) is 0 Å². The fraction of sp³-hybridized carbons (Fsp3) is 0.292. The van der Waals surface area contributed by atoms with E-state index < -0.39 is 28.9 Å². The lowest BCUT2D eigenvalue weighted by atomic mass is 10.2. The Morgan fingerprint density at radius 3 is 2.34 bits per heavy atom. The number of carbonyl (C=O) groups excluding carboxylic acids is 1. The van der Waals surface area contributed by atoms with Crippen molar-refractivity contribution in [1.29, 1.82) is 0 Å². The molecule has 2 aromatic carbocycles. The molecule has 11 heteroatoms. The van der Waals surface area contributed by atoms with Crippen LogP contribution in [0.2, 0.25) is 0 Å². The minimum absolute atomic E-state index is 0.0351. The van der Waals surface area contributed by atoms with Crippen molar-refractivity contribution in [3.05, 3.63) is 86.6 Å². The highest BCUT2D eigenvalue weighted by Gasteiger charge is 2.30. The molecule has 0 aliphatic carbocycles. The first-order valence-corrected chi connectivity index (χ1v) is 11.0. The maximum absolute atomic E-state index is 12.8. The second kappa shape index (κ2) is 10.9. The van der Waals surface area contributed by atoms with Gasteiger partial charge in [-0.05, 0) is 36.2 Å². The second-order valence-corrected chi connectivity index (χ2v) is 7.96. The standard InChI is InChI=1S/C24H26F3N5O3/c1-2-3-13-32-21(28)20(22(34)30-23(32)35)31(14-16-7-5-4-6-8-16)15-19(33)29-18-11-9-17(10-12-18)24(25,26)27/h4-12H,2-3,13-15,28H2,1H3,(H,29,33)(H,30,34,35). The summed E-state index contributed by atoms with van der Waals surface area (Å²) >= 11 is 0. The van der Waals surface area contributed by atoms with Crippen molar-refractivity contribution < 1.29 is 18.0 Å². The molecule has 1 aromatic heterocycles. The Kier molecular flexibility index (Phi) is 8.00. The molecule has 0 radical (unpaired) electrons. The average Bonchev–Trinajstić information content (AvgIpc) is 2.79. The zero-order valence-corrected chi connectivity index (χ0v) is 19.1. The Labute approximate surface area is 199 Å². The molecule has 35 heavy (non-hydrogen) atoms. The maximum atomic E-state index is 12.8. The van der Waals surface area contributed by atoms with Crippen molar-refractivity contribution in [2.24, 2.45) is 0 Å². The summed E-state index contributed by atoms with van der Waals surface area (Å²) in [7, 11) is 0. The van der Waals surface area contributed by atoms with Crippen molar-refractivity contribution >= 4 is 23.1 Å². The summed E-state index contributed by atoms with van der Waals surface area (Å²) in [5.41, 5.74) is 4.92. The van der Waals surface area contributed by atoms with Crippen LogP contribution in [0.3, 0.4) is 0 Å². The van der Waals surface area contributed by atoms with Crippen molar-refractivity contribution in [2.75, 3.05) is 22.5 Å². The number of anilines is 3. The monoisotopic (exact) mass is 489 g/mol. The molecular weight excluding hydrogens is 463 g/mol. The number of aromatic amines is 1. The molecule has 1 heterocycles. The Bertz CT molecular complexity index is 1270. The van der Waals surface area contributed by atoms with Crippen molar-refractivity contribution in [1.82, 2.24) is 9.55 Å². The SMILES string of the molecule is CCCCn1c(N)c(N(CC(=O)Nc2ccc(C(F)(F)F)cc2)Cc2ccccc2)c(=O)[nH]c1=O. The van der Waals surface area contributed by atoms with Crippen molar-refractivity contribution in [3.63, 3.8) is 0 Å². The van der Waals surface area contributed by atoms with Gasteiger partial charge in [0, 0.05) is 18.8 Å². The van der Waals surface area contributed by atoms with E-state index in [4.69, 9.17) is 5.73 Å². The molecule has 0 spiro atoms. The summed E-state index contributed by atoms with van der Waals surface area (Å²) < 4.78 is 39.7. The minimum Gasteiger partial charge on any atom is -0.383 e. The molecule has 186 valence electrons. The molecule has 4 N–H and O–H groups in total. The number of nitrogens with one attached hydrogen (secondary N) is 2. The molecule has 0 aliphatic heterocycles. The topological polar surface area (TPSA) is 113 Å². The number of hydrogen-bond acceptors (Lipinski definition) is 5. The first-order chi connectivity index (χ1) is 16.6. The molecule has 0 atom stereocenters. The number of halogens is 3. The van der Waals surface area contributed by atoms with Crippen LogP contribution in [0.25, 0.3) is 0 Å². The fourth-order valence-electron chi connectivity index (χ4n) is 3.56. The number of aromatic nitrogens is 2. The Hall–Kier alpha value is -4.02. The van der Waals surface area contributed by atoms with E-state index in [1.807, 2.05) is 13.0 Å². The number of unbranched alkanes of at least 4 members (excludes halogenated alkanes) is 1. The van der Waals surface area contributed by atoms with Gasteiger partial charge in [-0.1, -0.05) is 43.7 Å². The highest BCUT2D eigenvalue weighted by molar-refractivity contribution is 5.94. The molecule has 0 bridgehead atoms. The Balaban J connectivity index is 1.92. The molecule has 8 nitrogen and oxygen atoms in total. The molecule has 0 saturated heterocycles. The third-order valence-electron chi connectivity index (χ3n) is 5.31. The summed E-state index contributed by atoms with van der Waals surface area (Å²) in [5, 5.41) is 2.54. The number of benzene rings is 2. The largest absolute Gasteiger partial charge is 0.416 e. The first kappa shape index (κ1) is 25.6. The number of amides is 1. The normalized spacial score (nSPS) is 11.3. The van der Waals surface area contributed by atoms with Crippen molar-refractivity contribution in [3.8, 4) is 0 Å². The number of nitrogens with zero attached hydrogens (tertiary/aromatic N) is 2. The van der Waals surface area contributed by atoms with Crippen LogP contribution >= 0.6 is 0 Å². The van der Waals surface area contributed by atoms with Gasteiger partial charge in [-0.15, -0.1) is 0 Å². The van der Waals surface area contributed by atoms with Gasteiger partial charge in [-0.2, -0.15) is 13.2 Å². The average molecular weight is 489 g/mol. The van der Waals surface area contributed by atoms with E-state index in [0.717, 1.165) is 36.2 Å². The smallest absolute Gasteiger partial charge is 0.383 e. The molecule has 0 saturated carbocycles. The minimum atomic E-state index is -4.49. The van der Waals surface area contributed by atoms with E-state index in [-0.39, 0.29) is 30.3 Å². The lowest BCUT2D eigenvalue weighted by Crippen LogP contribution is -2.41. The van der Waals surface area contributed by atoms with E-state index >= 15 is 0 Å². The van der Waals surface area contributed by atoms with Gasteiger partial charge in [-0.25, -0.2) is 4.79 Å². The van der Waals surface area contributed by atoms with Crippen LogP contribution < -0.4 is 27.2 Å². The first-order valence-electron chi connectivity index (χ1n) is 11.0. The van der Waals surface area contributed by atoms with E-state index in [1.54, 1.807) is 24.3 Å². The maximum Gasteiger partial charge on any atom is 0.416 e. The van der Waals surface area contributed by atoms with Gasteiger partial charge in [-0.3, -0.25) is 19.1 Å². The number of carbonyl (C=O) groups is 1. The molecule has 3 aromatic rings. The molecule has 3 rings (SSSR count). The summed E-state index contributed by atoms with van der Waals surface area (Å²) in [6.45, 7) is 2.03. The molecule has 0 fully saturated rings. The highest BCUT2D eigenvalue weighted by Crippen LogP contribution is 2.30. The summed E-state index contributed by atoms with van der Waals surface area (Å²) in [5.74, 6) is -0.642. The lowest BCUT2D eigenvalue weighted by molar-refractivity contribution is -0.137. The van der Waals surface area contributed by atoms with Crippen LogP contribution in [-0.4, -0.2) is 22.0 Å². The molecule has 1 amide bonds. The number of hydrogen-bond donors (Lipinski definition) is 3. The Morgan fingerprint density at radius 1 is 1.09 bits per heavy atom. The number of nitrogens with two attached hydrogens (primary N) is 1. The molecule has 0 unspecified atom stereocenters. The third kappa shape index (κ3) is 6.52. The third-order valence-corrected chi connectivity index (χ3v) is 5.31. The summed E-state index contributed by atoms with van der Waals surface area (Å²) in [6.07, 6.45) is -3.04. The van der Waals surface area contributed by atoms with Gasteiger partial charge < -0.3 is 16.0 Å². The number of rotatable bonds is 9. The second-order valence-electron chi connectivity index (χ2n) is 7.96. The van der Waals surface area contributed by atoms with E-state index in [1.165, 1.54) is 9.47 Å². The Morgan fingerprint density at radius 2 is 1.74 bits per heavy atom. The van der Waals surface area contributed by atoms with E-state index in [9.17, 15) is 27.6 Å². The quantitative estimate of drug-likeness (QED) is 0.425. The van der Waals surface area contributed by atoms with Crippen LogP contribution in [0, 0.1) is 0 Å². The van der Waals surface area contributed by atoms with Gasteiger partial charge in [0.1, 0.15) is 11.5 Å². The summed E-state index contributed by atoms with van der Waals surface area (Å²) in [6, 6.07) is 13.0. The van der Waals surface area contributed by atoms with Gasteiger partial charge in [0.15, 0.2) is 0 Å². The fourth-order valence-corrected chi connectivity index (χ4v) is 3.56. The van der Waals surface area contributed by atoms with Gasteiger partial charge in [0.05, 0.1) is 12.1 Å². The molecular formula is C24H26F3N5O3. The van der Waals surface area contributed by atoms with Gasteiger partial charge in [0.2, 0.25) is 5.91 Å².